The van der Waals surface area contributed by atoms with Gasteiger partial charge in [-0.2, -0.15) is 0 Å². The fraction of sp³-hybridized carbons (Fsp3) is 0.952. The first-order valence-corrected chi connectivity index (χ1v) is 12.5. The summed E-state index contributed by atoms with van der Waals surface area (Å²) in [4.78, 5) is 12.4. The summed E-state index contributed by atoms with van der Waals surface area (Å²) < 4.78 is 22.7. The standard InChI is InChI=1S/C21H41N5O12/c22-2-1-8(28)19(34)26-7-3-6(24)17(37-20-11(25)15(32)14(31)10(5-27)36-20)18(12(7)29)38-21-16(33)13(30)9(4-23)35-21/h6-18,20-21,27-33H,1-5,22-25H2,(H,26,34)/t6?,7-,8+,9-,10?,11?,12-,13?,14-,15-,16+,17-,18?,20-,21+/m1/s1. The van der Waals surface area contributed by atoms with E-state index in [-0.39, 0.29) is 25.9 Å². The highest BCUT2D eigenvalue weighted by Gasteiger charge is 2.52. The number of rotatable bonds is 10. The number of hydrogen-bond acceptors (Lipinski definition) is 16. The number of aliphatic hydroxyl groups is 7. The van der Waals surface area contributed by atoms with E-state index in [0.717, 1.165) is 0 Å². The molecule has 0 aromatic carbocycles. The Bertz CT molecular complexity index is 770. The Morgan fingerprint density at radius 2 is 1.50 bits per heavy atom. The van der Waals surface area contributed by atoms with E-state index in [4.69, 9.17) is 41.9 Å². The molecule has 2 saturated heterocycles. The Hall–Kier alpha value is -1.13. The maximum Gasteiger partial charge on any atom is 0.249 e. The molecule has 17 nitrogen and oxygen atoms in total. The SMILES string of the molecule is NCC[C@H](O)C(=O)N[C@@H]1CC(N)[C@@H](O[C@H]2OC(CO)[C@@H](O)[C@H](O)C2N)C(O[C@@H]2O[C@H](CN)C(O)[C@@H]2O)[C@@H]1O. The number of carbonyl (C=O) groups excluding carboxylic acids is 1. The van der Waals surface area contributed by atoms with E-state index < -0.39 is 104 Å². The first-order chi connectivity index (χ1) is 17.9. The fourth-order valence-electron chi connectivity index (χ4n) is 4.84. The van der Waals surface area contributed by atoms with Crippen LogP contribution in [0.25, 0.3) is 0 Å². The third-order valence-corrected chi connectivity index (χ3v) is 7.15. The van der Waals surface area contributed by atoms with E-state index in [1.165, 1.54) is 0 Å². The van der Waals surface area contributed by atoms with Gasteiger partial charge in [0.15, 0.2) is 12.6 Å². The summed E-state index contributed by atoms with van der Waals surface area (Å²) in [5, 5.41) is 74.1. The minimum atomic E-state index is -1.56. The van der Waals surface area contributed by atoms with Gasteiger partial charge < -0.3 is 82.9 Å². The molecular weight excluding hydrogens is 514 g/mol. The van der Waals surface area contributed by atoms with Gasteiger partial charge in [0.25, 0.3) is 0 Å². The van der Waals surface area contributed by atoms with Crippen LogP contribution < -0.4 is 28.3 Å². The Kier molecular flexibility index (Phi) is 11.1. The molecule has 1 aliphatic carbocycles. The summed E-state index contributed by atoms with van der Waals surface area (Å²) in [5.74, 6) is -0.805. The van der Waals surface area contributed by atoms with Crippen LogP contribution in [-0.4, -0.2) is 153 Å². The lowest BCUT2D eigenvalue weighted by Crippen LogP contribution is -2.69. The Morgan fingerprint density at radius 3 is 2.08 bits per heavy atom. The predicted octanol–water partition coefficient (Wildman–Crippen LogP) is -7.79. The minimum Gasteiger partial charge on any atom is -0.394 e. The van der Waals surface area contributed by atoms with E-state index in [2.05, 4.69) is 5.32 Å². The topological polar surface area (TPSA) is 312 Å². The third kappa shape index (κ3) is 6.60. The lowest BCUT2D eigenvalue weighted by molar-refractivity contribution is -0.310. The normalized spacial score (nSPS) is 46.6. The first-order valence-electron chi connectivity index (χ1n) is 12.5. The van der Waals surface area contributed by atoms with Gasteiger partial charge in [0.2, 0.25) is 5.91 Å². The van der Waals surface area contributed by atoms with Crippen LogP contribution in [0.5, 0.6) is 0 Å². The summed E-state index contributed by atoms with van der Waals surface area (Å²) in [6.45, 7) is -0.763. The lowest BCUT2D eigenvalue weighted by Gasteiger charge is -2.47. The molecule has 2 aliphatic heterocycles. The largest absolute Gasteiger partial charge is 0.394 e. The molecule has 1 saturated carbocycles. The van der Waals surface area contributed by atoms with Gasteiger partial charge in [-0.15, -0.1) is 0 Å². The molecule has 15 atom stereocenters. The number of ether oxygens (including phenoxy) is 4. The van der Waals surface area contributed by atoms with Crippen molar-refractivity contribution in [2.45, 2.75) is 105 Å². The zero-order valence-corrected chi connectivity index (χ0v) is 20.7. The second-order valence-electron chi connectivity index (χ2n) is 9.84. The predicted molar refractivity (Wildman–Crippen MR) is 125 cm³/mol. The van der Waals surface area contributed by atoms with Crippen molar-refractivity contribution in [1.82, 2.24) is 5.32 Å². The molecule has 0 aromatic heterocycles. The molecule has 0 spiro atoms. The summed E-state index contributed by atoms with van der Waals surface area (Å²) >= 11 is 0. The number of carbonyl (C=O) groups is 1. The van der Waals surface area contributed by atoms with E-state index in [0.29, 0.717) is 0 Å². The molecule has 2 heterocycles. The Balaban J connectivity index is 1.84. The minimum absolute atomic E-state index is 0.0239. The van der Waals surface area contributed by atoms with Gasteiger partial charge in [0, 0.05) is 12.6 Å². The van der Waals surface area contributed by atoms with Crippen molar-refractivity contribution < 1.29 is 59.5 Å². The van der Waals surface area contributed by atoms with Crippen molar-refractivity contribution in [3.05, 3.63) is 0 Å². The van der Waals surface area contributed by atoms with Gasteiger partial charge in [-0.3, -0.25) is 4.79 Å². The molecule has 16 N–H and O–H groups in total. The molecule has 3 rings (SSSR count). The van der Waals surface area contributed by atoms with Gasteiger partial charge in [0.1, 0.15) is 61.0 Å². The Labute approximate surface area is 218 Å². The molecule has 1 amide bonds. The number of nitrogens with two attached hydrogens (primary N) is 4. The fourth-order valence-corrected chi connectivity index (χ4v) is 4.84. The second kappa shape index (κ2) is 13.5. The van der Waals surface area contributed by atoms with Crippen molar-refractivity contribution in [1.29, 1.82) is 0 Å². The molecule has 222 valence electrons. The smallest absolute Gasteiger partial charge is 0.249 e. The average molecular weight is 556 g/mol. The number of amides is 1. The maximum absolute atomic E-state index is 12.4. The summed E-state index contributed by atoms with van der Waals surface area (Å²) in [6.07, 6.45) is -16.9. The quantitative estimate of drug-likeness (QED) is 0.119. The van der Waals surface area contributed by atoms with Crippen LogP contribution in [0, 0.1) is 0 Å². The number of nitrogens with one attached hydrogen (secondary N) is 1. The second-order valence-corrected chi connectivity index (χ2v) is 9.84. The number of hydrogen-bond donors (Lipinski definition) is 12. The summed E-state index contributed by atoms with van der Waals surface area (Å²) in [5.41, 5.74) is 23.2. The zero-order chi connectivity index (χ0) is 28.3. The average Bonchev–Trinajstić information content (AvgIpc) is 3.16. The summed E-state index contributed by atoms with van der Waals surface area (Å²) in [6, 6.07) is -3.33. The van der Waals surface area contributed by atoms with Gasteiger partial charge in [-0.1, -0.05) is 0 Å². The van der Waals surface area contributed by atoms with Gasteiger partial charge in [-0.25, -0.2) is 0 Å². The molecule has 5 unspecified atom stereocenters. The van der Waals surface area contributed by atoms with Crippen LogP contribution in [0.4, 0.5) is 0 Å². The lowest BCUT2D eigenvalue weighted by atomic mass is 9.83. The third-order valence-electron chi connectivity index (χ3n) is 7.15. The monoisotopic (exact) mass is 555 g/mol. The van der Waals surface area contributed by atoms with Crippen molar-refractivity contribution >= 4 is 5.91 Å². The van der Waals surface area contributed by atoms with Gasteiger partial charge in [0.05, 0.1) is 18.7 Å². The zero-order valence-electron chi connectivity index (χ0n) is 20.7. The molecule has 38 heavy (non-hydrogen) atoms. The van der Waals surface area contributed by atoms with Gasteiger partial charge >= 0.3 is 0 Å². The molecule has 0 bridgehead atoms. The van der Waals surface area contributed by atoms with Crippen LogP contribution in [0.2, 0.25) is 0 Å². The molecular formula is C21H41N5O12. The van der Waals surface area contributed by atoms with Crippen LogP contribution in [0.3, 0.4) is 0 Å². The van der Waals surface area contributed by atoms with E-state index in [9.17, 15) is 40.5 Å². The molecule has 0 radical (unpaired) electrons. The highest BCUT2D eigenvalue weighted by Crippen LogP contribution is 2.32. The van der Waals surface area contributed by atoms with Crippen LogP contribution in [-0.2, 0) is 23.7 Å². The summed E-state index contributed by atoms with van der Waals surface area (Å²) in [7, 11) is 0. The van der Waals surface area contributed by atoms with E-state index >= 15 is 0 Å². The van der Waals surface area contributed by atoms with Crippen LogP contribution in [0.15, 0.2) is 0 Å². The first kappa shape index (κ1) is 31.4. The maximum atomic E-state index is 12.4. The van der Waals surface area contributed by atoms with Crippen molar-refractivity contribution in [3.63, 3.8) is 0 Å². The van der Waals surface area contributed by atoms with Crippen LogP contribution >= 0.6 is 0 Å². The molecule has 17 heteroatoms. The van der Waals surface area contributed by atoms with Crippen molar-refractivity contribution in [2.24, 2.45) is 22.9 Å². The highest BCUT2D eigenvalue weighted by molar-refractivity contribution is 5.80. The van der Waals surface area contributed by atoms with Crippen LogP contribution in [0.1, 0.15) is 12.8 Å². The Morgan fingerprint density at radius 1 is 0.895 bits per heavy atom. The van der Waals surface area contributed by atoms with E-state index in [1.807, 2.05) is 0 Å². The van der Waals surface area contributed by atoms with E-state index in [1.54, 1.807) is 0 Å². The van der Waals surface area contributed by atoms with Crippen molar-refractivity contribution in [2.75, 3.05) is 19.7 Å². The number of aliphatic hydroxyl groups excluding tert-OH is 7. The molecule has 0 aromatic rings. The van der Waals surface area contributed by atoms with Crippen molar-refractivity contribution in [3.8, 4) is 0 Å². The van der Waals surface area contributed by atoms with Gasteiger partial charge in [-0.05, 0) is 19.4 Å². The molecule has 3 fully saturated rings. The highest BCUT2D eigenvalue weighted by atomic mass is 16.7. The molecule has 3 aliphatic rings.